The Labute approximate surface area is 153 Å². The highest BCUT2D eigenvalue weighted by Crippen LogP contribution is 2.18. The first-order chi connectivity index (χ1) is 12.8. The molecular formula is C20H24N4O2. The molecule has 0 aliphatic carbocycles. The summed E-state index contributed by atoms with van der Waals surface area (Å²) in [5, 5.41) is 6.02. The average Bonchev–Trinajstić information content (AvgIpc) is 3.02. The minimum absolute atomic E-state index is 0.0229. The third-order valence-corrected chi connectivity index (χ3v) is 4.07. The van der Waals surface area contributed by atoms with E-state index >= 15 is 0 Å². The maximum absolute atomic E-state index is 12.3. The van der Waals surface area contributed by atoms with Crippen molar-refractivity contribution in [2.24, 2.45) is 0 Å². The molecule has 1 heterocycles. The molecule has 6 nitrogen and oxygen atoms in total. The van der Waals surface area contributed by atoms with Gasteiger partial charge in [0.2, 0.25) is 5.91 Å². The fourth-order valence-electron chi connectivity index (χ4n) is 2.77. The summed E-state index contributed by atoms with van der Waals surface area (Å²) >= 11 is 0. The zero-order valence-corrected chi connectivity index (χ0v) is 14.9. The van der Waals surface area contributed by atoms with E-state index in [4.69, 9.17) is 4.74 Å². The first-order valence-corrected chi connectivity index (χ1v) is 8.81. The number of nitrogens with one attached hydrogen (secondary N) is 2. The quantitative estimate of drug-likeness (QED) is 0.580. The first-order valence-electron chi connectivity index (χ1n) is 8.81. The Kier molecular flexibility index (Phi) is 6.22. The van der Waals surface area contributed by atoms with Crippen LogP contribution in [0.1, 0.15) is 12.2 Å². The number of carbonyl (C=O) groups is 1. The zero-order chi connectivity index (χ0) is 18.2. The number of carbonyl (C=O) groups excluding carboxylic acids is 1. The molecule has 0 spiro atoms. The van der Waals surface area contributed by atoms with Gasteiger partial charge in [-0.05, 0) is 44.3 Å². The molecule has 0 unspecified atom stereocenters. The number of hydrogen-bond acceptors (Lipinski definition) is 4. The third kappa shape index (κ3) is 4.61. The van der Waals surface area contributed by atoms with E-state index < -0.39 is 0 Å². The van der Waals surface area contributed by atoms with Crippen LogP contribution in [0.2, 0.25) is 0 Å². The number of fused-ring (bicyclic) bond motifs is 1. The lowest BCUT2D eigenvalue weighted by Crippen LogP contribution is -2.30. The van der Waals surface area contributed by atoms with Crippen LogP contribution in [0.3, 0.4) is 0 Å². The molecule has 0 bridgehead atoms. The Morgan fingerprint density at radius 2 is 1.85 bits per heavy atom. The van der Waals surface area contributed by atoms with Gasteiger partial charge in [0.15, 0.2) is 0 Å². The third-order valence-electron chi connectivity index (χ3n) is 4.07. The van der Waals surface area contributed by atoms with Gasteiger partial charge in [0.05, 0.1) is 11.0 Å². The molecule has 26 heavy (non-hydrogen) atoms. The SMILES string of the molecule is CNCCCNC(=O)Cn1c(COc2ccccc2)nc2ccccc21. The van der Waals surface area contributed by atoms with Crippen molar-refractivity contribution in [3.05, 3.63) is 60.4 Å². The lowest BCUT2D eigenvalue weighted by molar-refractivity contribution is -0.121. The lowest BCUT2D eigenvalue weighted by atomic mass is 10.3. The molecule has 136 valence electrons. The van der Waals surface area contributed by atoms with Gasteiger partial charge in [-0.3, -0.25) is 4.79 Å². The Morgan fingerprint density at radius 1 is 1.08 bits per heavy atom. The minimum Gasteiger partial charge on any atom is -0.486 e. The maximum Gasteiger partial charge on any atom is 0.240 e. The van der Waals surface area contributed by atoms with Gasteiger partial charge in [0.1, 0.15) is 24.7 Å². The van der Waals surface area contributed by atoms with E-state index in [1.165, 1.54) is 0 Å². The van der Waals surface area contributed by atoms with Gasteiger partial charge in [-0.2, -0.15) is 0 Å². The molecule has 6 heteroatoms. The van der Waals surface area contributed by atoms with Crippen LogP contribution in [-0.4, -0.2) is 35.6 Å². The number of benzene rings is 2. The molecule has 0 atom stereocenters. The van der Waals surface area contributed by atoms with Crippen molar-refractivity contribution in [3.63, 3.8) is 0 Å². The van der Waals surface area contributed by atoms with E-state index in [-0.39, 0.29) is 12.5 Å². The van der Waals surface area contributed by atoms with Crippen LogP contribution in [0.15, 0.2) is 54.6 Å². The second-order valence-corrected chi connectivity index (χ2v) is 6.01. The van der Waals surface area contributed by atoms with E-state index in [1.807, 2.05) is 66.2 Å². The van der Waals surface area contributed by atoms with Crippen LogP contribution in [0.5, 0.6) is 5.75 Å². The highest BCUT2D eigenvalue weighted by molar-refractivity contribution is 5.81. The molecule has 0 saturated carbocycles. The number of ether oxygens (including phenoxy) is 1. The number of nitrogens with zero attached hydrogens (tertiary/aromatic N) is 2. The summed E-state index contributed by atoms with van der Waals surface area (Å²) < 4.78 is 7.76. The Bertz CT molecular complexity index is 845. The van der Waals surface area contributed by atoms with Crippen molar-refractivity contribution >= 4 is 16.9 Å². The molecule has 0 fully saturated rings. The van der Waals surface area contributed by atoms with Crippen LogP contribution in [0.4, 0.5) is 0 Å². The molecule has 0 radical (unpaired) electrons. The van der Waals surface area contributed by atoms with Crippen molar-refractivity contribution in [3.8, 4) is 5.75 Å². The number of amides is 1. The number of imidazole rings is 1. The molecule has 1 amide bonds. The molecule has 0 aliphatic rings. The van der Waals surface area contributed by atoms with E-state index in [2.05, 4.69) is 15.6 Å². The Morgan fingerprint density at radius 3 is 2.65 bits per heavy atom. The van der Waals surface area contributed by atoms with E-state index in [0.717, 1.165) is 35.6 Å². The second kappa shape index (κ2) is 9.01. The van der Waals surface area contributed by atoms with E-state index in [9.17, 15) is 4.79 Å². The van der Waals surface area contributed by atoms with Gasteiger partial charge >= 0.3 is 0 Å². The monoisotopic (exact) mass is 352 g/mol. The van der Waals surface area contributed by atoms with Gasteiger partial charge in [-0.15, -0.1) is 0 Å². The smallest absolute Gasteiger partial charge is 0.240 e. The summed E-state index contributed by atoms with van der Waals surface area (Å²) in [5.41, 5.74) is 1.80. The van der Waals surface area contributed by atoms with Crippen molar-refractivity contribution in [1.82, 2.24) is 20.2 Å². The Hall–Kier alpha value is -2.86. The topological polar surface area (TPSA) is 68.2 Å². The lowest BCUT2D eigenvalue weighted by Gasteiger charge is -2.11. The summed E-state index contributed by atoms with van der Waals surface area (Å²) in [6.45, 7) is 2.08. The van der Waals surface area contributed by atoms with Crippen molar-refractivity contribution < 1.29 is 9.53 Å². The molecular weight excluding hydrogens is 328 g/mol. The van der Waals surface area contributed by atoms with Crippen molar-refractivity contribution in [2.45, 2.75) is 19.6 Å². The predicted octanol–water partition coefficient (Wildman–Crippen LogP) is 2.34. The van der Waals surface area contributed by atoms with Crippen LogP contribution < -0.4 is 15.4 Å². The summed E-state index contributed by atoms with van der Waals surface area (Å²) in [7, 11) is 1.90. The first kappa shape index (κ1) is 17.9. The normalized spacial score (nSPS) is 10.8. The second-order valence-electron chi connectivity index (χ2n) is 6.01. The molecule has 2 N–H and O–H groups in total. The molecule has 1 aromatic heterocycles. The van der Waals surface area contributed by atoms with Crippen molar-refractivity contribution in [1.29, 1.82) is 0 Å². The van der Waals surface area contributed by atoms with Crippen LogP contribution in [-0.2, 0) is 17.9 Å². The fraction of sp³-hybridized carbons (Fsp3) is 0.300. The summed E-state index contributed by atoms with van der Waals surface area (Å²) in [4.78, 5) is 17.0. The molecule has 0 saturated heterocycles. The molecule has 0 aliphatic heterocycles. The van der Waals surface area contributed by atoms with E-state index in [0.29, 0.717) is 13.2 Å². The summed E-state index contributed by atoms with van der Waals surface area (Å²) in [6.07, 6.45) is 0.900. The standard InChI is InChI=1S/C20H24N4O2/c1-21-12-7-13-22-20(25)14-24-18-11-6-5-10-17(18)23-19(24)15-26-16-8-3-2-4-9-16/h2-6,8-11,21H,7,12-15H2,1H3,(H,22,25). The predicted molar refractivity (Wildman–Crippen MR) is 102 cm³/mol. The van der Waals surface area contributed by atoms with Gasteiger partial charge in [-0.25, -0.2) is 4.98 Å². The molecule has 3 aromatic rings. The van der Waals surface area contributed by atoms with Crippen LogP contribution in [0.25, 0.3) is 11.0 Å². The van der Waals surface area contributed by atoms with Crippen molar-refractivity contribution in [2.75, 3.05) is 20.1 Å². The van der Waals surface area contributed by atoms with Gasteiger partial charge < -0.3 is 19.9 Å². The summed E-state index contributed by atoms with van der Waals surface area (Å²) in [5.74, 6) is 1.49. The Balaban J connectivity index is 1.73. The number of rotatable bonds is 9. The van der Waals surface area contributed by atoms with Crippen LogP contribution >= 0.6 is 0 Å². The highest BCUT2D eigenvalue weighted by atomic mass is 16.5. The molecule has 3 rings (SSSR count). The number of aromatic nitrogens is 2. The zero-order valence-electron chi connectivity index (χ0n) is 14.9. The molecule has 2 aromatic carbocycles. The minimum atomic E-state index is -0.0229. The van der Waals surface area contributed by atoms with Gasteiger partial charge in [0.25, 0.3) is 0 Å². The maximum atomic E-state index is 12.3. The van der Waals surface area contributed by atoms with E-state index in [1.54, 1.807) is 0 Å². The van der Waals surface area contributed by atoms with Crippen LogP contribution in [0, 0.1) is 0 Å². The fourth-order valence-corrected chi connectivity index (χ4v) is 2.77. The number of hydrogen-bond donors (Lipinski definition) is 2. The highest BCUT2D eigenvalue weighted by Gasteiger charge is 2.14. The van der Waals surface area contributed by atoms with Gasteiger partial charge in [0, 0.05) is 6.54 Å². The number of para-hydroxylation sites is 3. The largest absolute Gasteiger partial charge is 0.486 e. The van der Waals surface area contributed by atoms with Gasteiger partial charge in [-0.1, -0.05) is 30.3 Å². The summed E-state index contributed by atoms with van der Waals surface area (Å²) in [6, 6.07) is 17.4. The average molecular weight is 352 g/mol.